The second kappa shape index (κ2) is 8.69. The quantitative estimate of drug-likeness (QED) is 0.729. The molecule has 1 aliphatic rings. The minimum Gasteiger partial charge on any atom is -0.444 e. The van der Waals surface area contributed by atoms with Crippen LogP contribution in [0.1, 0.15) is 52.3 Å². The van der Waals surface area contributed by atoms with Crippen molar-refractivity contribution < 1.29 is 14.3 Å². The van der Waals surface area contributed by atoms with E-state index in [1.165, 1.54) is 0 Å². The van der Waals surface area contributed by atoms with Crippen molar-refractivity contribution in [2.24, 2.45) is 13.0 Å². The molecule has 2 bridgehead atoms. The molecule has 0 saturated heterocycles. The number of amides is 2. The maximum absolute atomic E-state index is 12.8. The molecule has 2 atom stereocenters. The van der Waals surface area contributed by atoms with Gasteiger partial charge in [0, 0.05) is 18.8 Å². The first-order chi connectivity index (χ1) is 14.2. The van der Waals surface area contributed by atoms with Gasteiger partial charge in [0.2, 0.25) is 5.91 Å². The molecule has 1 aliphatic heterocycles. The molecule has 3 rings (SSSR count). The number of nitrogens with zero attached hydrogens (tertiary/aromatic N) is 3. The molecular weight excluding hydrogens is 382 g/mol. The summed E-state index contributed by atoms with van der Waals surface area (Å²) in [5.74, 6) is -0.375. The number of aryl methyl sites for hydroxylation is 1. The Morgan fingerprint density at radius 1 is 1.40 bits per heavy atom. The molecule has 160 valence electrons. The summed E-state index contributed by atoms with van der Waals surface area (Å²) < 4.78 is 7.14. The van der Waals surface area contributed by atoms with Crippen LogP contribution in [-0.2, 0) is 16.6 Å². The number of aromatic nitrogens is 3. The Kier molecular flexibility index (Phi) is 6.24. The van der Waals surface area contributed by atoms with Gasteiger partial charge in [-0.3, -0.25) is 14.5 Å². The van der Waals surface area contributed by atoms with Crippen LogP contribution in [0.25, 0.3) is 11.3 Å². The van der Waals surface area contributed by atoms with Crippen LogP contribution < -0.4 is 10.6 Å². The van der Waals surface area contributed by atoms with Crippen LogP contribution in [-0.4, -0.2) is 32.4 Å². The van der Waals surface area contributed by atoms with E-state index >= 15 is 0 Å². The van der Waals surface area contributed by atoms with E-state index in [1.54, 1.807) is 17.1 Å². The lowest BCUT2D eigenvalue weighted by molar-refractivity contribution is -0.118. The highest BCUT2D eigenvalue weighted by atomic mass is 16.6. The second-order valence-corrected chi connectivity index (χ2v) is 8.37. The van der Waals surface area contributed by atoms with Gasteiger partial charge in [-0.2, -0.15) is 5.10 Å². The van der Waals surface area contributed by atoms with Gasteiger partial charge in [0.25, 0.3) is 0 Å². The minimum atomic E-state index is -0.602. The van der Waals surface area contributed by atoms with Gasteiger partial charge >= 0.3 is 6.09 Å². The lowest BCUT2D eigenvalue weighted by Crippen LogP contribution is -2.35. The van der Waals surface area contributed by atoms with Crippen LogP contribution in [0.5, 0.6) is 0 Å². The topological polar surface area (TPSA) is 98.1 Å². The van der Waals surface area contributed by atoms with Gasteiger partial charge in [-0.15, -0.1) is 0 Å². The number of pyridine rings is 1. The first-order valence-electron chi connectivity index (χ1n) is 10.1. The standard InChI is InChI=1S/C22H29N5O3/c1-6-14-8-7-9-16(26-21(29)30-22(2,3)4)17-12-15(10-11-23-17)19-18(25-20(14)28)13-24-27(19)5/h7-8,10-14,16H,6,9H2,1-5H3,(H,25,28)(H,26,29)/b8-7-/t14-,16?/m1/s1. The third-order valence-corrected chi connectivity index (χ3v) is 4.82. The number of fused-ring (bicyclic) bond motifs is 4. The average Bonchev–Trinajstić information content (AvgIpc) is 3.02. The van der Waals surface area contributed by atoms with Gasteiger partial charge in [-0.05, 0) is 45.7 Å². The van der Waals surface area contributed by atoms with Gasteiger partial charge in [0.15, 0.2) is 0 Å². The van der Waals surface area contributed by atoms with E-state index in [2.05, 4.69) is 20.7 Å². The zero-order chi connectivity index (χ0) is 21.9. The van der Waals surface area contributed by atoms with Crippen molar-refractivity contribution in [3.05, 3.63) is 42.4 Å². The number of hydrogen-bond donors (Lipinski definition) is 2. The molecule has 8 nitrogen and oxygen atoms in total. The lowest BCUT2D eigenvalue weighted by Gasteiger charge is -2.23. The summed E-state index contributed by atoms with van der Waals surface area (Å²) in [5, 5.41) is 10.2. The van der Waals surface area contributed by atoms with E-state index in [0.29, 0.717) is 24.2 Å². The first-order valence-corrected chi connectivity index (χ1v) is 10.1. The maximum atomic E-state index is 12.8. The molecule has 3 heterocycles. The summed E-state index contributed by atoms with van der Waals surface area (Å²) in [6.07, 6.45) is 7.76. The zero-order valence-electron chi connectivity index (χ0n) is 18.1. The summed E-state index contributed by atoms with van der Waals surface area (Å²) in [6.45, 7) is 7.42. The summed E-state index contributed by atoms with van der Waals surface area (Å²) >= 11 is 0. The number of nitrogens with one attached hydrogen (secondary N) is 2. The van der Waals surface area contributed by atoms with E-state index in [9.17, 15) is 9.59 Å². The Bertz CT molecular complexity index is 958. The number of hydrogen-bond acceptors (Lipinski definition) is 5. The summed E-state index contributed by atoms with van der Waals surface area (Å²) in [6, 6.07) is 3.37. The highest BCUT2D eigenvalue weighted by Gasteiger charge is 2.24. The molecule has 0 fully saturated rings. The normalized spacial score (nSPS) is 20.2. The molecule has 0 aliphatic carbocycles. The van der Waals surface area contributed by atoms with Crippen molar-refractivity contribution >= 4 is 17.7 Å². The predicted molar refractivity (Wildman–Crippen MR) is 115 cm³/mol. The second-order valence-electron chi connectivity index (χ2n) is 8.37. The van der Waals surface area contributed by atoms with Crippen LogP contribution in [0.4, 0.5) is 10.5 Å². The fourth-order valence-electron chi connectivity index (χ4n) is 3.37. The number of carbonyl (C=O) groups excluding carboxylic acids is 2. The molecule has 2 N–H and O–H groups in total. The third-order valence-electron chi connectivity index (χ3n) is 4.82. The van der Waals surface area contributed by atoms with Crippen molar-refractivity contribution in [3.63, 3.8) is 0 Å². The number of anilines is 1. The van der Waals surface area contributed by atoms with E-state index in [4.69, 9.17) is 4.74 Å². The molecule has 0 radical (unpaired) electrons. The molecule has 2 aromatic rings. The van der Waals surface area contributed by atoms with Crippen molar-refractivity contribution in [2.75, 3.05) is 5.32 Å². The highest BCUT2D eigenvalue weighted by Crippen LogP contribution is 2.30. The van der Waals surface area contributed by atoms with Gasteiger partial charge < -0.3 is 15.4 Å². The minimum absolute atomic E-state index is 0.0884. The number of rotatable bonds is 2. The number of alkyl carbamates (subject to hydrolysis) is 1. The Hall–Kier alpha value is -3.16. The zero-order valence-corrected chi connectivity index (χ0v) is 18.1. The molecule has 30 heavy (non-hydrogen) atoms. The Labute approximate surface area is 176 Å². The van der Waals surface area contributed by atoms with Crippen LogP contribution in [0.3, 0.4) is 0 Å². The molecule has 0 spiro atoms. The van der Waals surface area contributed by atoms with Crippen molar-refractivity contribution in [2.45, 2.75) is 52.2 Å². The average molecular weight is 412 g/mol. The Balaban J connectivity index is 2.03. The number of carbonyl (C=O) groups is 2. The molecule has 1 unspecified atom stereocenters. The highest BCUT2D eigenvalue weighted by molar-refractivity contribution is 5.96. The molecule has 2 aromatic heterocycles. The molecule has 0 saturated carbocycles. The van der Waals surface area contributed by atoms with Gasteiger partial charge in [-0.25, -0.2) is 4.79 Å². The molecule has 8 heteroatoms. The number of ether oxygens (including phenoxy) is 1. The molecule has 2 amide bonds. The predicted octanol–water partition coefficient (Wildman–Crippen LogP) is 3.97. The summed E-state index contributed by atoms with van der Waals surface area (Å²) in [5.41, 5.74) is 2.38. The fraction of sp³-hybridized carbons (Fsp3) is 0.455. The van der Waals surface area contributed by atoms with E-state index in [1.807, 2.05) is 59.0 Å². The van der Waals surface area contributed by atoms with Crippen LogP contribution in [0.2, 0.25) is 0 Å². The monoisotopic (exact) mass is 411 g/mol. The van der Waals surface area contributed by atoms with E-state index in [0.717, 1.165) is 11.3 Å². The lowest BCUT2D eigenvalue weighted by atomic mass is 10.00. The Morgan fingerprint density at radius 2 is 2.17 bits per heavy atom. The SMILES string of the molecule is CC[C@@H]1/C=C\CC(NC(=O)OC(C)(C)C)c2cc(ccn2)-c2c(cnn2C)NC1=O. The largest absolute Gasteiger partial charge is 0.444 e. The van der Waals surface area contributed by atoms with E-state index in [-0.39, 0.29) is 11.8 Å². The maximum Gasteiger partial charge on any atom is 0.408 e. The molecule has 0 aromatic carbocycles. The van der Waals surface area contributed by atoms with Crippen molar-refractivity contribution in [1.29, 1.82) is 0 Å². The van der Waals surface area contributed by atoms with Crippen molar-refractivity contribution in [1.82, 2.24) is 20.1 Å². The van der Waals surface area contributed by atoms with Gasteiger partial charge in [-0.1, -0.05) is 19.1 Å². The molecular formula is C22H29N5O3. The smallest absolute Gasteiger partial charge is 0.408 e. The van der Waals surface area contributed by atoms with Crippen LogP contribution in [0, 0.1) is 5.92 Å². The van der Waals surface area contributed by atoms with Crippen LogP contribution >= 0.6 is 0 Å². The van der Waals surface area contributed by atoms with Crippen LogP contribution in [0.15, 0.2) is 36.7 Å². The Morgan fingerprint density at radius 3 is 2.87 bits per heavy atom. The fourth-order valence-corrected chi connectivity index (χ4v) is 3.37. The van der Waals surface area contributed by atoms with Crippen molar-refractivity contribution in [3.8, 4) is 11.3 Å². The summed E-state index contributed by atoms with van der Waals surface area (Å²) in [7, 11) is 1.82. The van der Waals surface area contributed by atoms with E-state index < -0.39 is 17.7 Å². The van der Waals surface area contributed by atoms with Gasteiger partial charge in [0.05, 0.1) is 35.2 Å². The summed E-state index contributed by atoms with van der Waals surface area (Å²) in [4.78, 5) is 29.7. The first kappa shape index (κ1) is 21.5. The third kappa shape index (κ3) is 5.06. The van der Waals surface area contributed by atoms with Gasteiger partial charge in [0.1, 0.15) is 5.60 Å².